The molecule has 1 saturated heterocycles. The van der Waals surface area contributed by atoms with E-state index in [1.807, 2.05) is 12.1 Å². The molecule has 0 atom stereocenters. The SMILES string of the molecule is CN(C)C(=O)CN=C(NCCc1ccco1)NC1CCN(Cc2ccccc2)CC1.I. The first kappa shape index (κ1) is 25.2. The van der Waals surface area contributed by atoms with Gasteiger partial charge >= 0.3 is 0 Å². The minimum Gasteiger partial charge on any atom is -0.469 e. The molecule has 1 fully saturated rings. The van der Waals surface area contributed by atoms with Gasteiger partial charge in [-0.05, 0) is 30.5 Å². The lowest BCUT2D eigenvalue weighted by atomic mass is 10.0. The van der Waals surface area contributed by atoms with Crippen molar-refractivity contribution in [2.45, 2.75) is 31.8 Å². The van der Waals surface area contributed by atoms with Gasteiger partial charge in [0, 0.05) is 52.7 Å². The first-order valence-corrected chi connectivity index (χ1v) is 10.6. The van der Waals surface area contributed by atoms with E-state index in [4.69, 9.17) is 4.42 Å². The molecule has 1 aliphatic rings. The third-order valence-corrected chi connectivity index (χ3v) is 5.29. The maximum absolute atomic E-state index is 12.0. The Morgan fingerprint density at radius 1 is 1.16 bits per heavy atom. The van der Waals surface area contributed by atoms with E-state index in [2.05, 4.69) is 50.9 Å². The Balaban J connectivity index is 0.00000341. The number of hydrogen-bond donors (Lipinski definition) is 2. The monoisotopic (exact) mass is 539 g/mol. The topological polar surface area (TPSA) is 73.1 Å². The molecule has 2 heterocycles. The molecule has 0 saturated carbocycles. The number of likely N-dealkylation sites (tertiary alicyclic amines) is 1. The van der Waals surface area contributed by atoms with Gasteiger partial charge in [0.2, 0.25) is 5.91 Å². The minimum absolute atomic E-state index is 0. The summed E-state index contributed by atoms with van der Waals surface area (Å²) in [5.74, 6) is 1.61. The number of carbonyl (C=O) groups is 1. The second kappa shape index (κ2) is 13.4. The molecular weight excluding hydrogens is 505 g/mol. The highest BCUT2D eigenvalue weighted by Crippen LogP contribution is 2.13. The molecule has 170 valence electrons. The molecule has 0 radical (unpaired) electrons. The van der Waals surface area contributed by atoms with Gasteiger partial charge in [0.15, 0.2) is 5.96 Å². The number of piperidine rings is 1. The van der Waals surface area contributed by atoms with E-state index in [1.54, 1.807) is 25.3 Å². The van der Waals surface area contributed by atoms with Gasteiger partial charge in [-0.2, -0.15) is 0 Å². The van der Waals surface area contributed by atoms with Crippen LogP contribution >= 0.6 is 24.0 Å². The number of amides is 1. The van der Waals surface area contributed by atoms with E-state index in [0.29, 0.717) is 18.5 Å². The van der Waals surface area contributed by atoms with Crippen molar-refractivity contribution in [3.05, 3.63) is 60.1 Å². The molecule has 1 aliphatic heterocycles. The molecule has 0 aliphatic carbocycles. The molecule has 3 rings (SSSR count). The van der Waals surface area contributed by atoms with Gasteiger partial charge in [-0.3, -0.25) is 9.69 Å². The van der Waals surface area contributed by atoms with E-state index < -0.39 is 0 Å². The summed E-state index contributed by atoms with van der Waals surface area (Å²) in [6.07, 6.45) is 4.55. The molecule has 1 amide bonds. The standard InChI is InChI=1S/C23H33N5O2.HI/c1-27(2)22(29)17-25-23(24-13-10-21-9-6-16-30-21)26-20-11-14-28(15-12-20)18-19-7-4-3-5-8-19;/h3-9,16,20H,10-15,17-18H2,1-2H3,(H2,24,25,26);1H. The lowest BCUT2D eigenvalue weighted by molar-refractivity contribution is -0.127. The number of likely N-dealkylation sites (N-methyl/N-ethyl adjacent to an activating group) is 1. The van der Waals surface area contributed by atoms with Crippen LogP contribution in [0.5, 0.6) is 0 Å². The summed E-state index contributed by atoms with van der Waals surface area (Å²) in [7, 11) is 3.50. The number of nitrogens with zero attached hydrogens (tertiary/aromatic N) is 3. The lowest BCUT2D eigenvalue weighted by Gasteiger charge is -2.33. The summed E-state index contributed by atoms with van der Waals surface area (Å²) in [5, 5.41) is 6.87. The summed E-state index contributed by atoms with van der Waals surface area (Å²) in [5.41, 5.74) is 1.35. The number of hydrogen-bond acceptors (Lipinski definition) is 4. The van der Waals surface area contributed by atoms with Crippen LogP contribution in [0.1, 0.15) is 24.2 Å². The number of nitrogens with one attached hydrogen (secondary N) is 2. The summed E-state index contributed by atoms with van der Waals surface area (Å²) in [6.45, 7) is 3.91. The van der Waals surface area contributed by atoms with Crippen molar-refractivity contribution in [3.63, 3.8) is 0 Å². The summed E-state index contributed by atoms with van der Waals surface area (Å²) >= 11 is 0. The summed E-state index contributed by atoms with van der Waals surface area (Å²) in [4.78, 5) is 20.5. The molecule has 0 spiro atoms. The molecule has 0 unspecified atom stereocenters. The number of benzene rings is 1. The number of carbonyl (C=O) groups excluding carboxylic acids is 1. The first-order valence-electron chi connectivity index (χ1n) is 10.6. The van der Waals surface area contributed by atoms with Crippen molar-refractivity contribution >= 4 is 35.8 Å². The molecule has 2 N–H and O–H groups in total. The van der Waals surface area contributed by atoms with Crippen molar-refractivity contribution < 1.29 is 9.21 Å². The molecule has 8 heteroatoms. The largest absolute Gasteiger partial charge is 0.469 e. The van der Waals surface area contributed by atoms with Gasteiger partial charge in [0.1, 0.15) is 12.3 Å². The average molecular weight is 539 g/mol. The van der Waals surface area contributed by atoms with E-state index in [0.717, 1.165) is 44.7 Å². The highest BCUT2D eigenvalue weighted by molar-refractivity contribution is 14.0. The number of guanidine groups is 1. The second-order valence-electron chi connectivity index (χ2n) is 7.89. The second-order valence-corrected chi connectivity index (χ2v) is 7.89. The quantitative estimate of drug-likeness (QED) is 0.307. The fraction of sp³-hybridized carbons (Fsp3) is 0.478. The Bertz CT molecular complexity index is 788. The molecule has 2 aromatic rings. The minimum atomic E-state index is -0.0141. The Kier molecular flexibility index (Phi) is 10.9. The zero-order valence-corrected chi connectivity index (χ0v) is 20.7. The fourth-order valence-corrected chi connectivity index (χ4v) is 3.47. The molecule has 1 aromatic heterocycles. The van der Waals surface area contributed by atoms with E-state index in [1.165, 1.54) is 5.56 Å². The van der Waals surface area contributed by atoms with Crippen LogP contribution in [0.2, 0.25) is 0 Å². The Morgan fingerprint density at radius 3 is 2.55 bits per heavy atom. The fourth-order valence-electron chi connectivity index (χ4n) is 3.47. The van der Waals surface area contributed by atoms with Crippen molar-refractivity contribution in [2.75, 3.05) is 40.3 Å². The lowest BCUT2D eigenvalue weighted by Crippen LogP contribution is -2.49. The van der Waals surface area contributed by atoms with Gasteiger partial charge in [-0.15, -0.1) is 24.0 Å². The van der Waals surface area contributed by atoms with E-state index in [-0.39, 0.29) is 36.4 Å². The maximum Gasteiger partial charge on any atom is 0.243 e. The molecule has 7 nitrogen and oxygen atoms in total. The highest BCUT2D eigenvalue weighted by atomic mass is 127. The number of halogens is 1. The van der Waals surface area contributed by atoms with Crippen molar-refractivity contribution in [2.24, 2.45) is 4.99 Å². The predicted molar refractivity (Wildman–Crippen MR) is 135 cm³/mol. The van der Waals surface area contributed by atoms with Crippen molar-refractivity contribution in [1.82, 2.24) is 20.4 Å². The average Bonchev–Trinajstić information content (AvgIpc) is 3.27. The van der Waals surface area contributed by atoms with Crippen LogP contribution in [0.15, 0.2) is 58.1 Å². The first-order chi connectivity index (χ1) is 14.6. The van der Waals surface area contributed by atoms with Gasteiger partial charge in [-0.25, -0.2) is 4.99 Å². The van der Waals surface area contributed by atoms with Crippen LogP contribution in [-0.4, -0.2) is 68.0 Å². The van der Waals surface area contributed by atoms with Crippen LogP contribution in [0.4, 0.5) is 0 Å². The Labute approximate surface area is 202 Å². The Hall–Kier alpha value is -2.07. The van der Waals surface area contributed by atoms with Gasteiger partial charge < -0.3 is 20.0 Å². The van der Waals surface area contributed by atoms with Crippen LogP contribution in [0.3, 0.4) is 0 Å². The van der Waals surface area contributed by atoms with Gasteiger partial charge in [-0.1, -0.05) is 30.3 Å². The maximum atomic E-state index is 12.0. The summed E-state index contributed by atoms with van der Waals surface area (Å²) < 4.78 is 5.39. The molecule has 1 aromatic carbocycles. The highest BCUT2D eigenvalue weighted by Gasteiger charge is 2.20. The van der Waals surface area contributed by atoms with Crippen molar-refractivity contribution in [3.8, 4) is 0 Å². The number of furan rings is 1. The third-order valence-electron chi connectivity index (χ3n) is 5.29. The zero-order valence-electron chi connectivity index (χ0n) is 18.4. The molecule has 0 bridgehead atoms. The molecular formula is C23H34IN5O2. The zero-order chi connectivity index (χ0) is 21.2. The van der Waals surface area contributed by atoms with Crippen LogP contribution in [0.25, 0.3) is 0 Å². The third kappa shape index (κ3) is 8.90. The Morgan fingerprint density at radius 2 is 1.90 bits per heavy atom. The predicted octanol–water partition coefficient (Wildman–Crippen LogP) is 2.73. The van der Waals surface area contributed by atoms with Gasteiger partial charge in [0.05, 0.1) is 6.26 Å². The normalized spacial score (nSPS) is 15.2. The van der Waals surface area contributed by atoms with Crippen LogP contribution in [-0.2, 0) is 17.8 Å². The number of aliphatic imine (C=N–C) groups is 1. The van der Waals surface area contributed by atoms with E-state index in [9.17, 15) is 4.79 Å². The van der Waals surface area contributed by atoms with Crippen LogP contribution < -0.4 is 10.6 Å². The smallest absolute Gasteiger partial charge is 0.243 e. The van der Waals surface area contributed by atoms with Crippen molar-refractivity contribution in [1.29, 1.82) is 0 Å². The van der Waals surface area contributed by atoms with Crippen LogP contribution in [0, 0.1) is 0 Å². The molecule has 31 heavy (non-hydrogen) atoms. The summed E-state index contributed by atoms with van der Waals surface area (Å²) in [6, 6.07) is 14.8. The van der Waals surface area contributed by atoms with E-state index >= 15 is 0 Å². The number of rotatable bonds is 8. The van der Waals surface area contributed by atoms with Gasteiger partial charge in [0.25, 0.3) is 0 Å².